The van der Waals surface area contributed by atoms with Crippen LogP contribution in [-0.4, -0.2) is 27.8 Å². The van der Waals surface area contributed by atoms with Gasteiger partial charge in [0.05, 0.1) is 11.7 Å². The van der Waals surface area contributed by atoms with Crippen molar-refractivity contribution in [3.8, 4) is 0 Å². The molecule has 0 heterocycles. The van der Waals surface area contributed by atoms with Crippen molar-refractivity contribution in [2.45, 2.75) is 37.4 Å². The fourth-order valence-electron chi connectivity index (χ4n) is 1.22. The second-order valence-corrected chi connectivity index (χ2v) is 3.11. The number of hydrogen-bond acceptors (Lipinski definition) is 2. The van der Waals surface area contributed by atoms with Crippen molar-refractivity contribution in [3.63, 3.8) is 0 Å². The predicted molar refractivity (Wildman–Crippen MR) is 30.8 cm³/mol. The molecule has 2 nitrogen and oxygen atoms in total. The summed E-state index contributed by atoms with van der Waals surface area (Å²) < 4.78 is 24.7. The highest BCUT2D eigenvalue weighted by Crippen LogP contribution is 2.41. The monoisotopic (exact) mass is 152 g/mol. The van der Waals surface area contributed by atoms with Crippen molar-refractivity contribution in [1.29, 1.82) is 0 Å². The smallest absolute Gasteiger partial charge is 0.253 e. The van der Waals surface area contributed by atoms with Gasteiger partial charge in [0, 0.05) is 12.8 Å². The number of alkyl halides is 2. The third-order valence-electron chi connectivity index (χ3n) is 1.83. The van der Waals surface area contributed by atoms with Crippen molar-refractivity contribution < 1.29 is 19.0 Å². The summed E-state index contributed by atoms with van der Waals surface area (Å²) >= 11 is 0. The Labute approximate surface area is 57.5 Å². The summed E-state index contributed by atoms with van der Waals surface area (Å²) in [6, 6.07) is 0. The second kappa shape index (κ2) is 1.89. The topological polar surface area (TPSA) is 40.5 Å². The summed E-state index contributed by atoms with van der Waals surface area (Å²) in [7, 11) is 0. The molecule has 0 unspecified atom stereocenters. The highest BCUT2D eigenvalue weighted by molar-refractivity contribution is 4.97. The van der Waals surface area contributed by atoms with Gasteiger partial charge in [0.2, 0.25) is 0 Å². The Hall–Kier alpha value is -0.220. The van der Waals surface area contributed by atoms with E-state index in [0.717, 1.165) is 0 Å². The molecule has 1 rings (SSSR count). The van der Waals surface area contributed by atoms with Crippen molar-refractivity contribution in [3.05, 3.63) is 0 Å². The van der Waals surface area contributed by atoms with Crippen molar-refractivity contribution in [2.75, 3.05) is 0 Å². The molecule has 10 heavy (non-hydrogen) atoms. The lowest BCUT2D eigenvalue weighted by atomic mass is 10.0. The van der Waals surface area contributed by atoms with E-state index in [9.17, 15) is 8.78 Å². The summed E-state index contributed by atoms with van der Waals surface area (Å²) in [4.78, 5) is 0. The minimum atomic E-state index is -2.90. The first-order valence-electron chi connectivity index (χ1n) is 3.12. The van der Waals surface area contributed by atoms with Crippen LogP contribution in [0, 0.1) is 0 Å². The SMILES string of the molecule is C[C@@]1(O)CC(F)(F)C[C@@H]1O. The third kappa shape index (κ3) is 1.27. The first-order valence-corrected chi connectivity index (χ1v) is 3.12. The predicted octanol–water partition coefficient (Wildman–Crippen LogP) is 0.527. The average Bonchev–Trinajstić information content (AvgIpc) is 1.73. The van der Waals surface area contributed by atoms with E-state index in [-0.39, 0.29) is 0 Å². The second-order valence-electron chi connectivity index (χ2n) is 3.11. The standard InChI is InChI=1S/C6H10F2O2/c1-5(10)3-6(7,8)2-4(5)9/h4,9-10H,2-3H2,1H3/t4-,5+/m0/s1. The Balaban J connectivity index is 2.71. The van der Waals surface area contributed by atoms with Gasteiger partial charge in [-0.25, -0.2) is 8.78 Å². The molecular weight excluding hydrogens is 142 g/mol. The van der Waals surface area contributed by atoms with Gasteiger partial charge in [-0.2, -0.15) is 0 Å². The summed E-state index contributed by atoms with van der Waals surface area (Å²) in [5.74, 6) is -2.90. The molecule has 1 saturated carbocycles. The average molecular weight is 152 g/mol. The van der Waals surface area contributed by atoms with E-state index in [1.54, 1.807) is 0 Å². The van der Waals surface area contributed by atoms with Gasteiger partial charge in [0.25, 0.3) is 5.92 Å². The van der Waals surface area contributed by atoms with Crippen LogP contribution in [0.5, 0.6) is 0 Å². The zero-order valence-corrected chi connectivity index (χ0v) is 5.64. The first kappa shape index (κ1) is 7.88. The molecule has 0 saturated heterocycles. The zero-order chi connectivity index (χ0) is 7.99. The summed E-state index contributed by atoms with van der Waals surface area (Å²) in [5, 5.41) is 17.9. The molecule has 0 aromatic heterocycles. The van der Waals surface area contributed by atoms with E-state index >= 15 is 0 Å². The first-order chi connectivity index (χ1) is 4.33. The van der Waals surface area contributed by atoms with Gasteiger partial charge in [0.1, 0.15) is 0 Å². The Bertz CT molecular complexity index is 145. The van der Waals surface area contributed by atoms with Gasteiger partial charge >= 0.3 is 0 Å². The molecule has 1 aliphatic rings. The highest BCUT2D eigenvalue weighted by Gasteiger charge is 2.52. The Kier molecular flexibility index (Phi) is 1.49. The fourth-order valence-corrected chi connectivity index (χ4v) is 1.22. The molecule has 0 radical (unpaired) electrons. The van der Waals surface area contributed by atoms with Crippen LogP contribution in [0.3, 0.4) is 0 Å². The summed E-state index contributed by atoms with van der Waals surface area (Å²) in [6.07, 6.45) is -2.55. The third-order valence-corrected chi connectivity index (χ3v) is 1.83. The molecule has 0 aromatic rings. The molecule has 0 aromatic carbocycles. The van der Waals surface area contributed by atoms with Crippen molar-refractivity contribution in [2.24, 2.45) is 0 Å². The Morgan fingerprint density at radius 3 is 2.10 bits per heavy atom. The lowest BCUT2D eigenvalue weighted by molar-refractivity contribution is -0.0466. The molecule has 0 amide bonds. The van der Waals surface area contributed by atoms with E-state index in [4.69, 9.17) is 10.2 Å². The minimum Gasteiger partial charge on any atom is -0.390 e. The van der Waals surface area contributed by atoms with Crippen molar-refractivity contribution >= 4 is 0 Å². The van der Waals surface area contributed by atoms with E-state index in [1.165, 1.54) is 6.92 Å². The van der Waals surface area contributed by atoms with Gasteiger partial charge in [-0.15, -0.1) is 0 Å². The van der Waals surface area contributed by atoms with Gasteiger partial charge < -0.3 is 10.2 Å². The lowest BCUT2D eigenvalue weighted by Crippen LogP contribution is -2.33. The number of hydrogen-bond donors (Lipinski definition) is 2. The largest absolute Gasteiger partial charge is 0.390 e. The van der Waals surface area contributed by atoms with Gasteiger partial charge in [-0.05, 0) is 6.92 Å². The van der Waals surface area contributed by atoms with Crippen LogP contribution in [0.4, 0.5) is 8.78 Å². The van der Waals surface area contributed by atoms with Crippen LogP contribution < -0.4 is 0 Å². The number of aliphatic hydroxyl groups is 2. The van der Waals surface area contributed by atoms with Crippen molar-refractivity contribution in [1.82, 2.24) is 0 Å². The van der Waals surface area contributed by atoms with Crippen LogP contribution in [0.1, 0.15) is 19.8 Å². The van der Waals surface area contributed by atoms with Crippen LogP contribution in [0.2, 0.25) is 0 Å². The van der Waals surface area contributed by atoms with Crippen LogP contribution in [-0.2, 0) is 0 Å². The Morgan fingerprint density at radius 1 is 1.50 bits per heavy atom. The lowest BCUT2D eigenvalue weighted by Gasteiger charge is -2.19. The molecule has 4 heteroatoms. The number of rotatable bonds is 0. The molecule has 60 valence electrons. The maximum absolute atomic E-state index is 12.4. The molecule has 0 aliphatic heterocycles. The van der Waals surface area contributed by atoms with E-state index in [0.29, 0.717) is 0 Å². The maximum atomic E-state index is 12.4. The van der Waals surface area contributed by atoms with E-state index in [1.807, 2.05) is 0 Å². The highest BCUT2D eigenvalue weighted by atomic mass is 19.3. The normalized spacial score (nSPS) is 45.9. The number of aliphatic hydroxyl groups excluding tert-OH is 1. The maximum Gasteiger partial charge on any atom is 0.253 e. The van der Waals surface area contributed by atoms with Crippen LogP contribution >= 0.6 is 0 Å². The Morgan fingerprint density at radius 2 is 2.00 bits per heavy atom. The van der Waals surface area contributed by atoms with Gasteiger partial charge in [-0.3, -0.25) is 0 Å². The minimum absolute atomic E-state index is 0.625. The van der Waals surface area contributed by atoms with Crippen LogP contribution in [0.15, 0.2) is 0 Å². The van der Waals surface area contributed by atoms with Crippen LogP contribution in [0.25, 0.3) is 0 Å². The quantitative estimate of drug-likeness (QED) is 0.531. The number of halogens is 2. The molecule has 0 bridgehead atoms. The molecule has 2 atom stereocenters. The van der Waals surface area contributed by atoms with E-state index < -0.39 is 30.5 Å². The molecule has 1 aliphatic carbocycles. The van der Waals surface area contributed by atoms with Gasteiger partial charge in [-0.1, -0.05) is 0 Å². The summed E-state index contributed by atoms with van der Waals surface area (Å²) in [6.45, 7) is 1.22. The van der Waals surface area contributed by atoms with Gasteiger partial charge in [0.15, 0.2) is 0 Å². The molecular formula is C6H10F2O2. The van der Waals surface area contributed by atoms with E-state index in [2.05, 4.69) is 0 Å². The molecule has 2 N–H and O–H groups in total. The zero-order valence-electron chi connectivity index (χ0n) is 5.64. The summed E-state index contributed by atoms with van der Waals surface area (Å²) in [5.41, 5.74) is -1.61. The molecule has 1 fully saturated rings. The molecule has 0 spiro atoms. The fraction of sp³-hybridized carbons (Fsp3) is 1.00.